The summed E-state index contributed by atoms with van der Waals surface area (Å²) in [4.78, 5) is 0. The van der Waals surface area contributed by atoms with Gasteiger partial charge >= 0.3 is 0 Å². The van der Waals surface area contributed by atoms with Gasteiger partial charge in [0.15, 0.2) is 0 Å². The average Bonchev–Trinajstić information content (AvgIpc) is 3.19. The maximum atomic E-state index is 6.16. The van der Waals surface area contributed by atoms with Crippen LogP contribution in [-0.4, -0.2) is 25.0 Å². The summed E-state index contributed by atoms with van der Waals surface area (Å²) >= 11 is 15.8. The van der Waals surface area contributed by atoms with Gasteiger partial charge in [0.25, 0.3) is 0 Å². The van der Waals surface area contributed by atoms with Gasteiger partial charge in [-0.2, -0.15) is 0 Å². The van der Waals surface area contributed by atoms with E-state index in [1.807, 2.05) is 12.1 Å². The summed E-state index contributed by atoms with van der Waals surface area (Å²) in [6, 6.07) is 8.15. The zero-order chi connectivity index (χ0) is 13.0. The molecule has 0 heterocycles. The van der Waals surface area contributed by atoms with E-state index in [4.69, 9.17) is 27.9 Å². The highest BCUT2D eigenvalue weighted by Gasteiger charge is 2.32. The van der Waals surface area contributed by atoms with Gasteiger partial charge in [0.2, 0.25) is 0 Å². The molecule has 0 N–H and O–H groups in total. The first kappa shape index (κ1) is 14.6. The molecule has 1 aliphatic carbocycles. The minimum Gasteiger partial charge on any atom is -0.380 e. The summed E-state index contributed by atoms with van der Waals surface area (Å²) in [5, 5.41) is 0. The van der Waals surface area contributed by atoms with E-state index < -0.39 is 0 Å². The van der Waals surface area contributed by atoms with E-state index in [0.717, 1.165) is 22.6 Å². The molecule has 0 radical (unpaired) electrons. The van der Waals surface area contributed by atoms with Crippen molar-refractivity contribution in [3.05, 3.63) is 34.3 Å². The van der Waals surface area contributed by atoms with Crippen LogP contribution in [0.1, 0.15) is 18.4 Å². The Balaban J connectivity index is 2.08. The number of rotatable bonds is 7. The Hall–Kier alpha value is 0.240. The summed E-state index contributed by atoms with van der Waals surface area (Å²) < 4.78 is 6.86. The first-order chi connectivity index (χ1) is 8.70. The van der Waals surface area contributed by atoms with E-state index in [0.29, 0.717) is 18.4 Å². The Morgan fingerprint density at radius 3 is 2.56 bits per heavy atom. The molecule has 100 valence electrons. The molecular weight excluding hydrogens is 335 g/mol. The molecule has 0 saturated heterocycles. The third-order valence-corrected chi connectivity index (χ3v) is 4.89. The lowest BCUT2D eigenvalue weighted by molar-refractivity contribution is 0.0889. The van der Waals surface area contributed by atoms with Crippen LogP contribution in [0, 0.1) is 5.92 Å². The van der Waals surface area contributed by atoms with Crippen LogP contribution in [0.5, 0.6) is 0 Å². The molecule has 18 heavy (non-hydrogen) atoms. The number of ether oxygens (including phenoxy) is 1. The van der Waals surface area contributed by atoms with Crippen molar-refractivity contribution in [2.45, 2.75) is 18.3 Å². The number of benzene rings is 1. The summed E-state index contributed by atoms with van der Waals surface area (Å²) in [5.41, 5.74) is 0.847. The van der Waals surface area contributed by atoms with Crippen molar-refractivity contribution in [2.24, 2.45) is 5.92 Å². The zero-order valence-corrected chi connectivity index (χ0v) is 13.3. The summed E-state index contributed by atoms with van der Waals surface area (Å²) in [6.07, 6.45) is 2.59. The second-order valence-electron chi connectivity index (χ2n) is 5.02. The minimum atomic E-state index is -0.290. The molecule has 1 fully saturated rings. The third kappa shape index (κ3) is 3.63. The van der Waals surface area contributed by atoms with Gasteiger partial charge in [-0.05, 0) is 36.5 Å². The second kappa shape index (κ2) is 6.60. The van der Waals surface area contributed by atoms with Crippen LogP contribution >= 0.6 is 39.1 Å². The summed E-state index contributed by atoms with van der Waals surface area (Å²) in [6.45, 7) is 1.43. The molecule has 1 aliphatic rings. The molecule has 2 rings (SSSR count). The molecule has 1 aromatic rings. The van der Waals surface area contributed by atoms with E-state index in [1.165, 1.54) is 12.8 Å². The van der Waals surface area contributed by atoms with Gasteiger partial charge in [-0.3, -0.25) is 0 Å². The fourth-order valence-corrected chi connectivity index (χ4v) is 3.02. The lowest BCUT2D eigenvalue weighted by Gasteiger charge is -2.30. The fraction of sp³-hybridized carbons (Fsp3) is 0.571. The van der Waals surface area contributed by atoms with Crippen LogP contribution in [-0.2, 0) is 10.2 Å². The molecule has 0 amide bonds. The minimum absolute atomic E-state index is 0.290. The highest BCUT2D eigenvalue weighted by atomic mass is 79.9. The van der Waals surface area contributed by atoms with Crippen molar-refractivity contribution >= 4 is 39.1 Å². The Kier molecular flexibility index (Phi) is 5.37. The molecule has 0 aromatic heterocycles. The van der Waals surface area contributed by atoms with Gasteiger partial charge in [-0.1, -0.05) is 28.1 Å². The van der Waals surface area contributed by atoms with Crippen LogP contribution in [0.4, 0.5) is 0 Å². The highest BCUT2D eigenvalue weighted by Crippen LogP contribution is 2.32. The van der Waals surface area contributed by atoms with Crippen molar-refractivity contribution < 1.29 is 4.74 Å². The number of alkyl halides is 2. The Morgan fingerprint density at radius 1 is 1.28 bits per heavy atom. The summed E-state index contributed by atoms with van der Waals surface area (Å²) in [7, 11) is 0. The zero-order valence-electron chi connectivity index (χ0n) is 10.2. The van der Waals surface area contributed by atoms with Crippen LogP contribution in [0.25, 0.3) is 0 Å². The van der Waals surface area contributed by atoms with Crippen LogP contribution in [0.15, 0.2) is 28.7 Å². The standard InChI is InChI=1S/C14H17BrCl2O/c15-13-3-1-2-12(6-13)14(8-16,9-17)10-18-7-11-4-5-11/h1-3,6,11H,4-5,7-10H2. The predicted molar refractivity (Wildman–Crippen MR) is 80.8 cm³/mol. The van der Waals surface area contributed by atoms with Crippen molar-refractivity contribution in [1.82, 2.24) is 0 Å². The quantitative estimate of drug-likeness (QED) is 0.653. The van der Waals surface area contributed by atoms with Gasteiger partial charge in [0, 0.05) is 28.3 Å². The first-order valence-corrected chi connectivity index (χ1v) is 8.02. The predicted octanol–water partition coefficient (Wildman–Crippen LogP) is 4.59. The number of hydrogen-bond acceptors (Lipinski definition) is 1. The van der Waals surface area contributed by atoms with E-state index >= 15 is 0 Å². The molecule has 0 spiro atoms. The lowest BCUT2D eigenvalue weighted by atomic mass is 9.85. The lowest BCUT2D eigenvalue weighted by Crippen LogP contribution is -2.36. The molecule has 0 bridgehead atoms. The molecule has 1 saturated carbocycles. The van der Waals surface area contributed by atoms with E-state index in [9.17, 15) is 0 Å². The summed E-state index contributed by atoms with van der Waals surface area (Å²) in [5.74, 6) is 1.70. The van der Waals surface area contributed by atoms with Crippen LogP contribution in [0.3, 0.4) is 0 Å². The molecule has 1 nitrogen and oxygen atoms in total. The monoisotopic (exact) mass is 350 g/mol. The molecule has 0 atom stereocenters. The Morgan fingerprint density at radius 2 is 2.00 bits per heavy atom. The van der Waals surface area contributed by atoms with Crippen molar-refractivity contribution in [2.75, 3.05) is 25.0 Å². The maximum Gasteiger partial charge on any atom is 0.0586 e. The molecular formula is C14H17BrCl2O. The maximum absolute atomic E-state index is 6.16. The van der Waals surface area contributed by atoms with Crippen molar-refractivity contribution in [1.29, 1.82) is 0 Å². The Labute approximate surface area is 127 Å². The SMILES string of the molecule is ClCC(CCl)(COCC1CC1)c1cccc(Br)c1. The first-order valence-electron chi connectivity index (χ1n) is 6.16. The van der Waals surface area contributed by atoms with Crippen LogP contribution in [0.2, 0.25) is 0 Å². The van der Waals surface area contributed by atoms with Crippen molar-refractivity contribution in [3.63, 3.8) is 0 Å². The highest BCUT2D eigenvalue weighted by molar-refractivity contribution is 9.10. The van der Waals surface area contributed by atoms with Crippen molar-refractivity contribution in [3.8, 4) is 0 Å². The third-order valence-electron chi connectivity index (χ3n) is 3.38. The second-order valence-corrected chi connectivity index (χ2v) is 6.47. The van der Waals surface area contributed by atoms with Crippen LogP contribution < -0.4 is 0 Å². The molecule has 4 heteroatoms. The van der Waals surface area contributed by atoms with E-state index in [-0.39, 0.29) is 5.41 Å². The van der Waals surface area contributed by atoms with Gasteiger partial charge in [0.1, 0.15) is 0 Å². The van der Waals surface area contributed by atoms with Gasteiger partial charge in [-0.25, -0.2) is 0 Å². The largest absolute Gasteiger partial charge is 0.380 e. The average molecular weight is 352 g/mol. The molecule has 0 aliphatic heterocycles. The molecule has 1 aromatic carbocycles. The normalized spacial score (nSPS) is 15.9. The smallest absolute Gasteiger partial charge is 0.0586 e. The van der Waals surface area contributed by atoms with Gasteiger partial charge < -0.3 is 4.74 Å². The van der Waals surface area contributed by atoms with E-state index in [2.05, 4.69) is 28.1 Å². The topological polar surface area (TPSA) is 9.23 Å². The van der Waals surface area contributed by atoms with Gasteiger partial charge in [-0.15, -0.1) is 23.2 Å². The fourth-order valence-electron chi connectivity index (χ4n) is 1.87. The van der Waals surface area contributed by atoms with E-state index in [1.54, 1.807) is 0 Å². The molecule has 0 unspecified atom stereocenters. The number of halogens is 3. The Bertz CT molecular complexity index is 389. The van der Waals surface area contributed by atoms with Gasteiger partial charge in [0.05, 0.1) is 6.61 Å². The number of hydrogen-bond donors (Lipinski definition) is 0.